The molecule has 1 aliphatic heterocycles. The molecule has 5 nitrogen and oxygen atoms in total. The molecule has 0 unspecified atom stereocenters. The molecular formula is C17H15F3N2O3. The van der Waals surface area contributed by atoms with Crippen molar-refractivity contribution in [2.24, 2.45) is 0 Å². The van der Waals surface area contributed by atoms with Crippen molar-refractivity contribution in [3.05, 3.63) is 48.5 Å². The number of carbonyl (C=O) groups excluding carboxylic acids is 1. The Labute approximate surface area is 141 Å². The number of halogens is 3. The summed E-state index contributed by atoms with van der Waals surface area (Å²) in [5.74, 6) is 0.479. The summed E-state index contributed by atoms with van der Waals surface area (Å²) in [6.45, 7) is -1.18. The van der Waals surface area contributed by atoms with E-state index in [9.17, 15) is 18.0 Å². The van der Waals surface area contributed by atoms with E-state index in [1.807, 2.05) is 0 Å². The molecule has 0 saturated carbocycles. The second kappa shape index (κ2) is 6.92. The Balaban J connectivity index is 1.68. The first-order valence-corrected chi connectivity index (χ1v) is 7.51. The molecule has 3 rings (SSSR count). The van der Waals surface area contributed by atoms with Crippen LogP contribution in [0.4, 0.5) is 24.5 Å². The average molecular weight is 352 g/mol. The first-order valence-electron chi connectivity index (χ1n) is 7.51. The maximum Gasteiger partial charge on any atom is 0.405 e. The standard InChI is InChI=1S/C17H15F3N2O3/c18-17(19,20)10-21-11-5-1-2-6-12(11)22-16(23)15-9-24-13-7-3-4-8-14(13)25-15/h1-8,15,21H,9-10H2,(H,22,23)/t15-/m0/s1. The summed E-state index contributed by atoms with van der Waals surface area (Å²) >= 11 is 0. The molecule has 8 heteroatoms. The summed E-state index contributed by atoms with van der Waals surface area (Å²) < 4.78 is 48.2. The Morgan fingerprint density at radius 1 is 1.04 bits per heavy atom. The number of amides is 1. The normalized spacial score (nSPS) is 16.2. The fourth-order valence-electron chi connectivity index (χ4n) is 2.30. The van der Waals surface area contributed by atoms with Crippen LogP contribution in [0.25, 0.3) is 0 Å². The van der Waals surface area contributed by atoms with Crippen molar-refractivity contribution in [3.8, 4) is 11.5 Å². The number of nitrogens with one attached hydrogen (secondary N) is 2. The largest absolute Gasteiger partial charge is 0.485 e. The van der Waals surface area contributed by atoms with Crippen LogP contribution in [-0.2, 0) is 4.79 Å². The minimum atomic E-state index is -4.36. The van der Waals surface area contributed by atoms with Crippen LogP contribution in [0.2, 0.25) is 0 Å². The first kappa shape index (κ1) is 16.9. The van der Waals surface area contributed by atoms with Crippen LogP contribution in [-0.4, -0.2) is 31.3 Å². The predicted molar refractivity (Wildman–Crippen MR) is 86.0 cm³/mol. The lowest BCUT2D eigenvalue weighted by Crippen LogP contribution is -2.40. The maximum absolute atomic E-state index is 12.4. The van der Waals surface area contributed by atoms with Gasteiger partial charge in [-0.2, -0.15) is 13.2 Å². The molecule has 0 bridgehead atoms. The summed E-state index contributed by atoms with van der Waals surface area (Å²) in [6, 6.07) is 13.1. The number of ether oxygens (including phenoxy) is 2. The molecule has 1 heterocycles. The molecule has 2 aromatic rings. The molecule has 0 aliphatic carbocycles. The van der Waals surface area contributed by atoms with Crippen molar-refractivity contribution in [1.29, 1.82) is 0 Å². The van der Waals surface area contributed by atoms with Gasteiger partial charge in [-0.3, -0.25) is 4.79 Å². The van der Waals surface area contributed by atoms with Crippen LogP contribution < -0.4 is 20.1 Å². The third-order valence-electron chi connectivity index (χ3n) is 3.47. The van der Waals surface area contributed by atoms with Crippen LogP contribution in [0.5, 0.6) is 11.5 Å². The highest BCUT2D eigenvalue weighted by Gasteiger charge is 2.29. The number of alkyl halides is 3. The van der Waals surface area contributed by atoms with Gasteiger partial charge in [-0.25, -0.2) is 0 Å². The fourth-order valence-corrected chi connectivity index (χ4v) is 2.30. The van der Waals surface area contributed by atoms with E-state index in [4.69, 9.17) is 9.47 Å². The molecule has 2 N–H and O–H groups in total. The van der Waals surface area contributed by atoms with E-state index in [1.54, 1.807) is 36.4 Å². The van der Waals surface area contributed by atoms with Gasteiger partial charge in [-0.15, -0.1) is 0 Å². The SMILES string of the molecule is O=C(Nc1ccccc1NCC(F)(F)F)[C@@H]1COc2ccccc2O1. The van der Waals surface area contributed by atoms with E-state index in [0.29, 0.717) is 11.5 Å². The molecule has 0 spiro atoms. The van der Waals surface area contributed by atoms with E-state index in [0.717, 1.165) is 0 Å². The summed E-state index contributed by atoms with van der Waals surface area (Å²) in [5, 5.41) is 4.84. The zero-order valence-electron chi connectivity index (χ0n) is 13.0. The summed E-state index contributed by atoms with van der Waals surface area (Å²) in [7, 11) is 0. The summed E-state index contributed by atoms with van der Waals surface area (Å²) in [6.07, 6.45) is -5.26. The van der Waals surface area contributed by atoms with Crippen LogP contribution in [0, 0.1) is 0 Å². The van der Waals surface area contributed by atoms with Crippen molar-refractivity contribution in [2.75, 3.05) is 23.8 Å². The van der Waals surface area contributed by atoms with Crippen LogP contribution >= 0.6 is 0 Å². The number of fused-ring (bicyclic) bond motifs is 1. The quantitative estimate of drug-likeness (QED) is 0.885. The predicted octanol–water partition coefficient (Wildman–Crippen LogP) is 3.44. The molecule has 2 aromatic carbocycles. The number of anilines is 2. The maximum atomic E-state index is 12.4. The Bertz CT molecular complexity index is 765. The zero-order chi connectivity index (χ0) is 17.9. The van der Waals surface area contributed by atoms with Gasteiger partial charge in [0.25, 0.3) is 5.91 Å². The Kier molecular flexibility index (Phi) is 4.69. The second-order valence-electron chi connectivity index (χ2n) is 5.37. The van der Waals surface area contributed by atoms with Gasteiger partial charge in [-0.05, 0) is 24.3 Å². The molecule has 1 atom stereocenters. The average Bonchev–Trinajstić information content (AvgIpc) is 2.60. The zero-order valence-corrected chi connectivity index (χ0v) is 13.0. The third kappa shape index (κ3) is 4.34. The number of carbonyl (C=O) groups is 1. The topological polar surface area (TPSA) is 59.6 Å². The third-order valence-corrected chi connectivity index (χ3v) is 3.47. The van der Waals surface area contributed by atoms with Gasteiger partial charge in [0.05, 0.1) is 11.4 Å². The lowest BCUT2D eigenvalue weighted by atomic mass is 10.2. The number of benzene rings is 2. The number of hydrogen-bond acceptors (Lipinski definition) is 4. The summed E-state index contributed by atoms with van der Waals surface area (Å²) in [5.41, 5.74) is 0.407. The molecule has 132 valence electrons. The van der Waals surface area contributed by atoms with Crippen molar-refractivity contribution in [3.63, 3.8) is 0 Å². The monoisotopic (exact) mass is 352 g/mol. The smallest absolute Gasteiger partial charge is 0.405 e. The van der Waals surface area contributed by atoms with Gasteiger partial charge in [-0.1, -0.05) is 24.3 Å². The van der Waals surface area contributed by atoms with Crippen molar-refractivity contribution < 1.29 is 27.4 Å². The van der Waals surface area contributed by atoms with Crippen LogP contribution in [0.1, 0.15) is 0 Å². The lowest BCUT2D eigenvalue weighted by molar-refractivity contribution is -0.125. The number of hydrogen-bond donors (Lipinski definition) is 2. The van der Waals surface area contributed by atoms with Crippen molar-refractivity contribution >= 4 is 17.3 Å². The molecule has 0 aromatic heterocycles. The minimum absolute atomic E-state index is 0.0149. The van der Waals surface area contributed by atoms with Gasteiger partial charge < -0.3 is 20.1 Å². The Morgan fingerprint density at radius 3 is 2.40 bits per heavy atom. The Morgan fingerprint density at radius 2 is 1.68 bits per heavy atom. The highest BCUT2D eigenvalue weighted by Crippen LogP contribution is 2.31. The lowest BCUT2D eigenvalue weighted by Gasteiger charge is -2.26. The van der Waals surface area contributed by atoms with E-state index in [2.05, 4.69) is 10.6 Å². The van der Waals surface area contributed by atoms with Crippen LogP contribution in [0.3, 0.4) is 0 Å². The molecule has 1 aliphatic rings. The number of rotatable bonds is 4. The highest BCUT2D eigenvalue weighted by molar-refractivity contribution is 5.97. The molecule has 0 saturated heterocycles. The molecule has 0 radical (unpaired) electrons. The molecule has 25 heavy (non-hydrogen) atoms. The molecule has 0 fully saturated rings. The fraction of sp³-hybridized carbons (Fsp3) is 0.235. The van der Waals surface area contributed by atoms with Gasteiger partial charge in [0, 0.05) is 0 Å². The van der Waals surface area contributed by atoms with Crippen molar-refractivity contribution in [1.82, 2.24) is 0 Å². The van der Waals surface area contributed by atoms with E-state index in [1.165, 1.54) is 12.1 Å². The van der Waals surface area contributed by atoms with E-state index in [-0.39, 0.29) is 18.0 Å². The van der Waals surface area contributed by atoms with Gasteiger partial charge in [0.15, 0.2) is 11.5 Å². The molecule has 1 amide bonds. The summed E-state index contributed by atoms with van der Waals surface area (Å²) in [4.78, 5) is 12.4. The first-order chi connectivity index (χ1) is 11.9. The van der Waals surface area contributed by atoms with Crippen molar-refractivity contribution in [2.45, 2.75) is 12.3 Å². The van der Waals surface area contributed by atoms with Gasteiger partial charge in [0.2, 0.25) is 6.10 Å². The highest BCUT2D eigenvalue weighted by atomic mass is 19.4. The van der Waals surface area contributed by atoms with E-state index >= 15 is 0 Å². The van der Waals surface area contributed by atoms with Gasteiger partial charge in [0.1, 0.15) is 13.2 Å². The Hall–Kier alpha value is -2.90. The van der Waals surface area contributed by atoms with Gasteiger partial charge >= 0.3 is 6.18 Å². The van der Waals surface area contributed by atoms with E-state index < -0.39 is 24.7 Å². The second-order valence-corrected chi connectivity index (χ2v) is 5.37. The van der Waals surface area contributed by atoms with Crippen LogP contribution in [0.15, 0.2) is 48.5 Å². The minimum Gasteiger partial charge on any atom is -0.485 e. The molecular weight excluding hydrogens is 337 g/mol. The number of para-hydroxylation sites is 4.